The van der Waals surface area contributed by atoms with Crippen LogP contribution < -0.4 is 11.1 Å². The van der Waals surface area contributed by atoms with Crippen molar-refractivity contribution in [3.63, 3.8) is 0 Å². The first-order valence-corrected chi connectivity index (χ1v) is 7.83. The number of nitrogens with zero attached hydrogens (tertiary/aromatic N) is 1. The van der Waals surface area contributed by atoms with E-state index in [1.807, 2.05) is 30.3 Å². The second kappa shape index (κ2) is 7.96. The Labute approximate surface area is 148 Å². The van der Waals surface area contributed by atoms with Crippen LogP contribution in [0.25, 0.3) is 11.1 Å². The molecule has 1 aliphatic carbocycles. The summed E-state index contributed by atoms with van der Waals surface area (Å²) in [5.41, 5.74) is 8.94. The van der Waals surface area contributed by atoms with Gasteiger partial charge in [0.15, 0.2) is 0 Å². The van der Waals surface area contributed by atoms with Crippen LogP contribution in [0.2, 0.25) is 0 Å². The summed E-state index contributed by atoms with van der Waals surface area (Å²) in [7, 11) is 0. The molecule has 1 aliphatic rings. The van der Waals surface area contributed by atoms with Crippen LogP contribution in [0, 0.1) is 11.3 Å². The first-order valence-electron chi connectivity index (χ1n) is 7.83. The van der Waals surface area contributed by atoms with E-state index in [0.717, 1.165) is 30.4 Å². The second-order valence-corrected chi connectivity index (χ2v) is 5.98. The molecule has 3 N–H and O–H groups in total. The highest BCUT2D eigenvalue weighted by Gasteiger charge is 2.23. The highest BCUT2D eigenvalue weighted by Crippen LogP contribution is 2.24. The maximum absolute atomic E-state index is 12.3. The number of nitrogens with one attached hydrogen (secondary N) is 1. The molecular formula is C19H20ClN3O. The maximum Gasteiger partial charge on any atom is 0.251 e. The number of benzene rings is 2. The van der Waals surface area contributed by atoms with Crippen molar-refractivity contribution in [3.05, 3.63) is 59.7 Å². The van der Waals surface area contributed by atoms with Gasteiger partial charge in [0.1, 0.15) is 0 Å². The molecule has 0 saturated heterocycles. The zero-order chi connectivity index (χ0) is 16.2. The number of rotatable bonds is 3. The minimum atomic E-state index is -0.0655. The fraction of sp³-hybridized carbons (Fsp3) is 0.263. The molecule has 1 amide bonds. The summed E-state index contributed by atoms with van der Waals surface area (Å²) in [5, 5.41) is 12.2. The van der Waals surface area contributed by atoms with Gasteiger partial charge in [-0.3, -0.25) is 4.79 Å². The van der Waals surface area contributed by atoms with E-state index in [2.05, 4.69) is 11.4 Å². The van der Waals surface area contributed by atoms with Crippen molar-refractivity contribution in [2.24, 2.45) is 5.73 Å². The van der Waals surface area contributed by atoms with E-state index < -0.39 is 0 Å². The number of nitrogens with two attached hydrogens (primary N) is 1. The van der Waals surface area contributed by atoms with Gasteiger partial charge in [0.05, 0.1) is 11.6 Å². The van der Waals surface area contributed by atoms with Crippen LogP contribution in [0.4, 0.5) is 0 Å². The average Bonchev–Trinajstić information content (AvgIpc) is 3.00. The summed E-state index contributed by atoms with van der Waals surface area (Å²) in [4.78, 5) is 12.3. The number of carbonyl (C=O) groups is 1. The maximum atomic E-state index is 12.3. The lowest BCUT2D eigenvalue weighted by Gasteiger charge is -2.12. The first kappa shape index (κ1) is 18.0. The molecule has 1 saturated carbocycles. The highest BCUT2D eigenvalue weighted by molar-refractivity contribution is 5.95. The number of halogens is 1. The second-order valence-electron chi connectivity index (χ2n) is 5.98. The Balaban J connectivity index is 0.00000208. The van der Waals surface area contributed by atoms with E-state index in [1.54, 1.807) is 18.2 Å². The molecule has 24 heavy (non-hydrogen) atoms. The predicted molar refractivity (Wildman–Crippen MR) is 96.9 cm³/mol. The lowest BCUT2D eigenvalue weighted by atomic mass is 9.99. The van der Waals surface area contributed by atoms with E-state index in [1.165, 1.54) is 0 Å². The molecule has 2 aromatic carbocycles. The number of carbonyl (C=O) groups excluding carboxylic acids is 1. The Kier molecular flexibility index (Phi) is 5.97. The van der Waals surface area contributed by atoms with Gasteiger partial charge in [0, 0.05) is 17.6 Å². The summed E-state index contributed by atoms with van der Waals surface area (Å²) >= 11 is 0. The van der Waals surface area contributed by atoms with Crippen molar-refractivity contribution in [2.75, 3.05) is 0 Å². The lowest BCUT2D eigenvalue weighted by molar-refractivity contribution is 0.0937. The molecule has 0 aliphatic heterocycles. The van der Waals surface area contributed by atoms with E-state index in [9.17, 15) is 10.1 Å². The van der Waals surface area contributed by atoms with Crippen molar-refractivity contribution < 1.29 is 4.79 Å². The molecule has 0 unspecified atom stereocenters. The molecule has 0 radical (unpaired) electrons. The largest absolute Gasteiger partial charge is 0.349 e. The zero-order valence-corrected chi connectivity index (χ0v) is 14.1. The van der Waals surface area contributed by atoms with Gasteiger partial charge in [0.2, 0.25) is 0 Å². The monoisotopic (exact) mass is 341 g/mol. The molecule has 1 fully saturated rings. The van der Waals surface area contributed by atoms with Crippen LogP contribution in [-0.2, 0) is 0 Å². The van der Waals surface area contributed by atoms with Crippen LogP contribution in [0.3, 0.4) is 0 Å². The quantitative estimate of drug-likeness (QED) is 0.899. The minimum Gasteiger partial charge on any atom is -0.349 e. The molecule has 3 rings (SSSR count). The van der Waals surface area contributed by atoms with Crippen molar-refractivity contribution >= 4 is 18.3 Å². The lowest BCUT2D eigenvalue weighted by Crippen LogP contribution is -2.33. The standard InChI is InChI=1S/C19H19N3O.ClH/c20-12-15-3-1-2-4-18(15)13-5-7-14(8-6-13)19(23)22-17-10-9-16(21)11-17;/h1-8,16-17H,9-11,21H2,(H,22,23);1H/t16-,17+;/m1./s1. The van der Waals surface area contributed by atoms with Gasteiger partial charge < -0.3 is 11.1 Å². The van der Waals surface area contributed by atoms with E-state index >= 15 is 0 Å². The Morgan fingerprint density at radius 1 is 1.12 bits per heavy atom. The fourth-order valence-corrected chi connectivity index (χ4v) is 3.05. The van der Waals surface area contributed by atoms with Crippen molar-refractivity contribution in [1.82, 2.24) is 5.32 Å². The zero-order valence-electron chi connectivity index (χ0n) is 13.2. The normalized spacial score (nSPS) is 19.2. The van der Waals surface area contributed by atoms with Crippen LogP contribution in [0.15, 0.2) is 48.5 Å². The topological polar surface area (TPSA) is 78.9 Å². The molecule has 0 bridgehead atoms. The Morgan fingerprint density at radius 2 is 1.83 bits per heavy atom. The third kappa shape index (κ3) is 3.94. The average molecular weight is 342 g/mol. The predicted octanol–water partition coefficient (Wildman–Crippen LogP) is 3.26. The van der Waals surface area contributed by atoms with Crippen LogP contribution >= 0.6 is 12.4 Å². The van der Waals surface area contributed by atoms with Gasteiger partial charge in [-0.15, -0.1) is 12.4 Å². The first-order chi connectivity index (χ1) is 11.2. The van der Waals surface area contributed by atoms with E-state index in [-0.39, 0.29) is 30.4 Å². The molecule has 4 nitrogen and oxygen atoms in total. The minimum absolute atomic E-state index is 0. The Morgan fingerprint density at radius 3 is 2.46 bits per heavy atom. The van der Waals surface area contributed by atoms with Gasteiger partial charge in [-0.2, -0.15) is 5.26 Å². The third-order valence-corrected chi connectivity index (χ3v) is 4.31. The summed E-state index contributed by atoms with van der Waals surface area (Å²) in [6.07, 6.45) is 2.76. The number of amides is 1. The van der Waals surface area contributed by atoms with Crippen molar-refractivity contribution in [3.8, 4) is 17.2 Å². The summed E-state index contributed by atoms with van der Waals surface area (Å²) in [6, 6.07) is 17.4. The highest BCUT2D eigenvalue weighted by atomic mass is 35.5. The summed E-state index contributed by atoms with van der Waals surface area (Å²) in [6.45, 7) is 0. The molecule has 0 heterocycles. The SMILES string of the molecule is Cl.N#Cc1ccccc1-c1ccc(C(=O)N[C@H]2CC[C@@H](N)C2)cc1. The molecule has 0 aromatic heterocycles. The smallest absolute Gasteiger partial charge is 0.251 e. The molecule has 5 heteroatoms. The van der Waals surface area contributed by atoms with Gasteiger partial charge >= 0.3 is 0 Å². The number of nitriles is 1. The van der Waals surface area contributed by atoms with E-state index in [0.29, 0.717) is 11.1 Å². The molecule has 2 atom stereocenters. The number of hydrogen-bond acceptors (Lipinski definition) is 3. The van der Waals surface area contributed by atoms with Crippen molar-refractivity contribution in [2.45, 2.75) is 31.3 Å². The Hall–Kier alpha value is -2.35. The molecule has 124 valence electrons. The van der Waals surface area contributed by atoms with Crippen LogP contribution in [0.5, 0.6) is 0 Å². The number of hydrogen-bond donors (Lipinski definition) is 2. The third-order valence-electron chi connectivity index (χ3n) is 4.31. The van der Waals surface area contributed by atoms with Crippen LogP contribution in [-0.4, -0.2) is 18.0 Å². The van der Waals surface area contributed by atoms with Gasteiger partial charge in [-0.1, -0.05) is 30.3 Å². The molecular weight excluding hydrogens is 322 g/mol. The van der Waals surface area contributed by atoms with E-state index in [4.69, 9.17) is 5.73 Å². The Bertz CT molecular complexity index is 752. The summed E-state index contributed by atoms with van der Waals surface area (Å²) in [5.74, 6) is -0.0655. The van der Waals surface area contributed by atoms with Crippen LogP contribution in [0.1, 0.15) is 35.2 Å². The molecule has 0 spiro atoms. The summed E-state index contributed by atoms with van der Waals surface area (Å²) < 4.78 is 0. The van der Waals surface area contributed by atoms with Gasteiger partial charge in [-0.25, -0.2) is 0 Å². The fourth-order valence-electron chi connectivity index (χ4n) is 3.05. The van der Waals surface area contributed by atoms with Gasteiger partial charge in [0.25, 0.3) is 5.91 Å². The van der Waals surface area contributed by atoms with Crippen molar-refractivity contribution in [1.29, 1.82) is 5.26 Å². The molecule has 2 aromatic rings. The van der Waals surface area contributed by atoms with Gasteiger partial charge in [-0.05, 0) is 48.6 Å².